The van der Waals surface area contributed by atoms with Crippen LogP contribution < -0.4 is 10.1 Å². The van der Waals surface area contributed by atoms with E-state index in [1.165, 1.54) is 11.6 Å². The van der Waals surface area contributed by atoms with Gasteiger partial charge in [-0.1, -0.05) is 6.07 Å². The van der Waals surface area contributed by atoms with Crippen LogP contribution in [-0.4, -0.2) is 30.1 Å². The predicted molar refractivity (Wildman–Crippen MR) is 79.2 cm³/mol. The maximum Gasteiger partial charge on any atom is 0.303 e. The second-order valence-corrected chi connectivity index (χ2v) is 4.94. The predicted octanol–water partition coefficient (Wildman–Crippen LogP) is 2.01. The van der Waals surface area contributed by atoms with Crippen LogP contribution in [0.1, 0.15) is 30.4 Å². The van der Waals surface area contributed by atoms with Crippen molar-refractivity contribution in [2.75, 3.05) is 13.2 Å². The van der Waals surface area contributed by atoms with E-state index in [-0.39, 0.29) is 12.3 Å². The lowest BCUT2D eigenvalue weighted by Gasteiger charge is -2.01. The van der Waals surface area contributed by atoms with Gasteiger partial charge in [-0.3, -0.25) is 9.59 Å². The van der Waals surface area contributed by atoms with Crippen molar-refractivity contribution >= 4 is 18.0 Å². The third kappa shape index (κ3) is 4.95. The first-order valence-electron chi connectivity index (χ1n) is 7.08. The highest BCUT2D eigenvalue weighted by Crippen LogP contribution is 2.26. The van der Waals surface area contributed by atoms with Crippen molar-refractivity contribution in [3.8, 4) is 5.75 Å². The minimum absolute atomic E-state index is 0.142. The molecule has 2 rings (SSSR count). The molecular weight excluding hydrogens is 270 g/mol. The van der Waals surface area contributed by atoms with Crippen molar-refractivity contribution in [1.29, 1.82) is 0 Å². The second kappa shape index (κ2) is 7.47. The van der Waals surface area contributed by atoms with Crippen molar-refractivity contribution < 1.29 is 19.4 Å². The molecule has 5 heteroatoms. The van der Waals surface area contributed by atoms with Crippen LogP contribution in [0.3, 0.4) is 0 Å². The maximum absolute atomic E-state index is 11.6. The molecule has 1 aromatic carbocycles. The fourth-order valence-electron chi connectivity index (χ4n) is 2.15. The summed E-state index contributed by atoms with van der Waals surface area (Å²) in [5.74, 6) is -0.0427. The van der Waals surface area contributed by atoms with Gasteiger partial charge in [-0.25, -0.2) is 0 Å². The summed E-state index contributed by atoms with van der Waals surface area (Å²) in [6.07, 6.45) is 5.56. The number of ether oxygens (including phenoxy) is 1. The Morgan fingerprint density at radius 2 is 2.19 bits per heavy atom. The Morgan fingerprint density at radius 3 is 3.00 bits per heavy atom. The standard InChI is InChI=1S/C16H19NO4/c18-15(17-9-2-1-3-16(19)20)7-5-12-4-6-14-13(11-12)8-10-21-14/h4-7,11H,1-3,8-10H2,(H,17,18)(H,19,20). The molecule has 1 aliphatic heterocycles. The van der Waals surface area contributed by atoms with Gasteiger partial charge in [0.05, 0.1) is 6.61 Å². The number of aliphatic carboxylic acids is 1. The number of fused-ring (bicyclic) bond motifs is 1. The Hall–Kier alpha value is -2.30. The average Bonchev–Trinajstić information content (AvgIpc) is 2.92. The number of carboxylic acids is 1. The molecule has 1 aromatic rings. The largest absolute Gasteiger partial charge is 0.493 e. The Balaban J connectivity index is 1.73. The quantitative estimate of drug-likeness (QED) is 0.594. The first-order chi connectivity index (χ1) is 10.1. The van der Waals surface area contributed by atoms with Gasteiger partial charge < -0.3 is 15.2 Å². The van der Waals surface area contributed by atoms with E-state index in [2.05, 4.69) is 5.32 Å². The van der Waals surface area contributed by atoms with E-state index in [4.69, 9.17) is 9.84 Å². The average molecular weight is 289 g/mol. The van der Waals surface area contributed by atoms with E-state index < -0.39 is 5.97 Å². The zero-order chi connectivity index (χ0) is 15.1. The Bertz CT molecular complexity index is 551. The lowest BCUT2D eigenvalue weighted by atomic mass is 10.1. The number of hydrogen-bond donors (Lipinski definition) is 2. The van der Waals surface area contributed by atoms with Crippen LogP contribution in [0.5, 0.6) is 5.75 Å². The zero-order valence-corrected chi connectivity index (χ0v) is 11.8. The summed E-state index contributed by atoms with van der Waals surface area (Å²) in [5, 5.41) is 11.2. The van der Waals surface area contributed by atoms with Crippen molar-refractivity contribution in [2.45, 2.75) is 25.7 Å². The molecule has 0 saturated heterocycles. The van der Waals surface area contributed by atoms with Crippen molar-refractivity contribution in [3.63, 3.8) is 0 Å². The molecule has 1 amide bonds. The lowest BCUT2D eigenvalue weighted by molar-refractivity contribution is -0.137. The number of carboxylic acid groups (broad SMARTS) is 1. The summed E-state index contributed by atoms with van der Waals surface area (Å²) >= 11 is 0. The summed E-state index contributed by atoms with van der Waals surface area (Å²) < 4.78 is 5.43. The Morgan fingerprint density at radius 1 is 1.33 bits per heavy atom. The van der Waals surface area contributed by atoms with Gasteiger partial charge in [-0.2, -0.15) is 0 Å². The fourth-order valence-corrected chi connectivity index (χ4v) is 2.15. The second-order valence-electron chi connectivity index (χ2n) is 4.94. The van der Waals surface area contributed by atoms with E-state index in [9.17, 15) is 9.59 Å². The molecular formula is C16H19NO4. The maximum atomic E-state index is 11.6. The molecule has 112 valence electrons. The van der Waals surface area contributed by atoms with Gasteiger partial charge >= 0.3 is 5.97 Å². The van der Waals surface area contributed by atoms with Crippen LogP contribution in [0.25, 0.3) is 6.08 Å². The minimum atomic E-state index is -0.804. The molecule has 0 aliphatic carbocycles. The number of amides is 1. The molecule has 1 heterocycles. The zero-order valence-electron chi connectivity index (χ0n) is 11.8. The van der Waals surface area contributed by atoms with Gasteiger partial charge in [0.1, 0.15) is 5.75 Å². The smallest absolute Gasteiger partial charge is 0.303 e. The highest BCUT2D eigenvalue weighted by molar-refractivity contribution is 5.91. The monoisotopic (exact) mass is 289 g/mol. The van der Waals surface area contributed by atoms with Gasteiger partial charge in [0.25, 0.3) is 0 Å². The summed E-state index contributed by atoms with van der Waals surface area (Å²) in [6.45, 7) is 1.22. The summed E-state index contributed by atoms with van der Waals surface area (Å²) in [4.78, 5) is 21.9. The molecule has 1 aliphatic rings. The van der Waals surface area contributed by atoms with Crippen molar-refractivity contribution in [2.24, 2.45) is 0 Å². The Labute approximate surface area is 123 Å². The normalized spacial score (nSPS) is 13.0. The Kier molecular flexibility index (Phi) is 5.37. The molecule has 0 atom stereocenters. The number of rotatable bonds is 7. The number of carbonyl (C=O) groups excluding carboxylic acids is 1. The van der Waals surface area contributed by atoms with Gasteiger partial charge in [0.2, 0.25) is 5.91 Å². The minimum Gasteiger partial charge on any atom is -0.493 e. The summed E-state index contributed by atoms with van der Waals surface area (Å²) in [5.41, 5.74) is 2.14. The van der Waals surface area contributed by atoms with E-state index in [1.54, 1.807) is 6.08 Å². The van der Waals surface area contributed by atoms with Crippen LogP contribution in [0.2, 0.25) is 0 Å². The number of nitrogens with one attached hydrogen (secondary N) is 1. The molecule has 0 aromatic heterocycles. The molecule has 2 N–H and O–H groups in total. The van der Waals surface area contributed by atoms with Crippen LogP contribution >= 0.6 is 0 Å². The van der Waals surface area contributed by atoms with Crippen LogP contribution in [0.4, 0.5) is 0 Å². The fraction of sp³-hybridized carbons (Fsp3) is 0.375. The van der Waals surface area contributed by atoms with E-state index in [0.717, 1.165) is 24.3 Å². The molecule has 21 heavy (non-hydrogen) atoms. The molecule has 5 nitrogen and oxygen atoms in total. The summed E-state index contributed by atoms with van der Waals surface area (Å²) in [7, 11) is 0. The van der Waals surface area contributed by atoms with E-state index >= 15 is 0 Å². The highest BCUT2D eigenvalue weighted by atomic mass is 16.5. The molecule has 0 fully saturated rings. The van der Waals surface area contributed by atoms with Crippen LogP contribution in [-0.2, 0) is 16.0 Å². The summed E-state index contributed by atoms with van der Waals surface area (Å²) in [6, 6.07) is 5.87. The third-order valence-electron chi connectivity index (χ3n) is 3.26. The van der Waals surface area contributed by atoms with Crippen molar-refractivity contribution in [1.82, 2.24) is 5.32 Å². The topological polar surface area (TPSA) is 75.6 Å². The van der Waals surface area contributed by atoms with E-state index in [1.807, 2.05) is 18.2 Å². The first-order valence-corrected chi connectivity index (χ1v) is 7.08. The first kappa shape index (κ1) is 15.1. The third-order valence-corrected chi connectivity index (χ3v) is 3.26. The van der Waals surface area contributed by atoms with Gasteiger partial charge in [0.15, 0.2) is 0 Å². The van der Waals surface area contributed by atoms with Crippen LogP contribution in [0.15, 0.2) is 24.3 Å². The molecule has 0 radical (unpaired) electrons. The molecule has 0 saturated carbocycles. The van der Waals surface area contributed by atoms with E-state index in [0.29, 0.717) is 19.4 Å². The number of benzene rings is 1. The lowest BCUT2D eigenvalue weighted by Crippen LogP contribution is -2.22. The number of unbranched alkanes of at least 4 members (excludes halogenated alkanes) is 1. The van der Waals surface area contributed by atoms with Crippen LogP contribution in [0, 0.1) is 0 Å². The van der Waals surface area contributed by atoms with Crippen molar-refractivity contribution in [3.05, 3.63) is 35.4 Å². The molecule has 0 unspecified atom stereocenters. The highest BCUT2D eigenvalue weighted by Gasteiger charge is 2.11. The van der Waals surface area contributed by atoms with Gasteiger partial charge in [-0.05, 0) is 42.2 Å². The number of carbonyl (C=O) groups is 2. The molecule has 0 bridgehead atoms. The molecule has 0 spiro atoms. The SMILES string of the molecule is O=C(O)CCCCNC(=O)C=Cc1ccc2c(c1)CCO2. The van der Waals surface area contributed by atoms with Gasteiger partial charge in [-0.15, -0.1) is 0 Å². The van der Waals surface area contributed by atoms with Gasteiger partial charge in [0, 0.05) is 25.5 Å². The number of hydrogen-bond acceptors (Lipinski definition) is 3.